The monoisotopic (exact) mass is 239 g/mol. The van der Waals surface area contributed by atoms with E-state index < -0.39 is 5.95 Å². The summed E-state index contributed by atoms with van der Waals surface area (Å²) >= 11 is 0. The van der Waals surface area contributed by atoms with Crippen molar-refractivity contribution in [2.24, 2.45) is 5.92 Å². The maximum atomic E-state index is 12.9. The second-order valence-electron chi connectivity index (χ2n) is 4.39. The molecule has 17 heavy (non-hydrogen) atoms. The molecular weight excluding hydrogens is 221 g/mol. The Bertz CT molecular complexity index is 382. The minimum Gasteiger partial charge on any atom is -0.365 e. The van der Waals surface area contributed by atoms with Crippen molar-refractivity contribution in [3.63, 3.8) is 0 Å². The Balaban J connectivity index is 2.48. The molecule has 1 aromatic rings. The number of nitrogens with one attached hydrogen (secondary N) is 1. The van der Waals surface area contributed by atoms with E-state index in [9.17, 15) is 9.18 Å². The molecule has 0 bridgehead atoms. The molecule has 0 saturated heterocycles. The van der Waals surface area contributed by atoms with E-state index in [1.54, 1.807) is 18.0 Å². The van der Waals surface area contributed by atoms with Gasteiger partial charge in [0.25, 0.3) is 0 Å². The summed E-state index contributed by atoms with van der Waals surface area (Å²) in [5.74, 6) is -0.196. The van der Waals surface area contributed by atoms with E-state index in [4.69, 9.17) is 0 Å². The van der Waals surface area contributed by atoms with Gasteiger partial charge < -0.3 is 10.2 Å². The highest BCUT2D eigenvalue weighted by Gasteiger charge is 2.08. The Morgan fingerprint density at radius 2 is 2.29 bits per heavy atom. The van der Waals surface area contributed by atoms with Gasteiger partial charge in [0.1, 0.15) is 0 Å². The van der Waals surface area contributed by atoms with Crippen molar-refractivity contribution in [1.29, 1.82) is 0 Å². The van der Waals surface area contributed by atoms with Crippen LogP contribution < -0.4 is 10.2 Å². The largest absolute Gasteiger partial charge is 0.365 e. The standard InChI is InChI=1S/C12H18FN3O/c1-9(2)7-15-12(17)8-16(3)10-4-5-14-11(13)6-10/h4-6,9H,7-8H2,1-3H3,(H,15,17). The number of anilines is 1. The van der Waals surface area contributed by atoms with Crippen LogP contribution in [-0.2, 0) is 4.79 Å². The molecule has 1 aromatic heterocycles. The quantitative estimate of drug-likeness (QED) is 0.791. The van der Waals surface area contributed by atoms with Gasteiger partial charge in [-0.15, -0.1) is 0 Å². The first-order chi connectivity index (χ1) is 7.99. The van der Waals surface area contributed by atoms with E-state index >= 15 is 0 Å². The number of pyridine rings is 1. The van der Waals surface area contributed by atoms with Gasteiger partial charge in [0, 0.05) is 31.5 Å². The van der Waals surface area contributed by atoms with Crippen LogP contribution in [0.3, 0.4) is 0 Å². The van der Waals surface area contributed by atoms with Gasteiger partial charge >= 0.3 is 0 Å². The molecule has 0 spiro atoms. The molecule has 4 nitrogen and oxygen atoms in total. The van der Waals surface area contributed by atoms with E-state index in [0.29, 0.717) is 18.2 Å². The predicted octanol–water partition coefficient (Wildman–Crippen LogP) is 1.43. The number of hydrogen-bond acceptors (Lipinski definition) is 3. The fourth-order valence-corrected chi connectivity index (χ4v) is 1.31. The summed E-state index contributed by atoms with van der Waals surface area (Å²) in [4.78, 5) is 16.7. The molecule has 0 aliphatic rings. The summed E-state index contributed by atoms with van der Waals surface area (Å²) in [7, 11) is 1.74. The van der Waals surface area contributed by atoms with Crippen molar-refractivity contribution in [3.8, 4) is 0 Å². The van der Waals surface area contributed by atoms with Crippen LogP contribution >= 0.6 is 0 Å². The molecule has 1 heterocycles. The van der Waals surface area contributed by atoms with Crippen LogP contribution in [0, 0.1) is 11.9 Å². The number of halogens is 1. The molecule has 0 aliphatic heterocycles. The molecule has 0 aliphatic carbocycles. The first-order valence-electron chi connectivity index (χ1n) is 5.58. The number of hydrogen-bond donors (Lipinski definition) is 1. The van der Waals surface area contributed by atoms with E-state index in [-0.39, 0.29) is 12.5 Å². The lowest BCUT2D eigenvalue weighted by Crippen LogP contribution is -2.36. The predicted molar refractivity (Wildman–Crippen MR) is 65.3 cm³/mol. The van der Waals surface area contributed by atoms with Crippen LogP contribution in [0.4, 0.5) is 10.1 Å². The van der Waals surface area contributed by atoms with Crippen molar-refractivity contribution >= 4 is 11.6 Å². The summed E-state index contributed by atoms with van der Waals surface area (Å²) in [6.07, 6.45) is 1.38. The zero-order chi connectivity index (χ0) is 12.8. The third-order valence-electron chi connectivity index (χ3n) is 2.24. The van der Waals surface area contributed by atoms with Crippen LogP contribution in [0.5, 0.6) is 0 Å². The number of rotatable bonds is 5. The van der Waals surface area contributed by atoms with Crippen LogP contribution in [0.2, 0.25) is 0 Å². The normalized spacial score (nSPS) is 10.4. The molecule has 0 unspecified atom stereocenters. The molecule has 0 fully saturated rings. The highest BCUT2D eigenvalue weighted by Crippen LogP contribution is 2.11. The summed E-state index contributed by atoms with van der Waals surface area (Å²) in [5, 5.41) is 2.81. The Labute approximate surface area is 101 Å². The maximum Gasteiger partial charge on any atom is 0.239 e. The van der Waals surface area contributed by atoms with Gasteiger partial charge in [0.2, 0.25) is 11.9 Å². The Kier molecular flexibility index (Phi) is 4.87. The van der Waals surface area contributed by atoms with Crippen LogP contribution in [0.25, 0.3) is 0 Å². The van der Waals surface area contributed by atoms with E-state index in [1.165, 1.54) is 12.3 Å². The molecule has 0 atom stereocenters. The average Bonchev–Trinajstić information content (AvgIpc) is 2.26. The molecule has 5 heteroatoms. The van der Waals surface area contributed by atoms with Gasteiger partial charge in [0.05, 0.1) is 6.54 Å². The molecule has 1 N–H and O–H groups in total. The fraction of sp³-hybridized carbons (Fsp3) is 0.500. The van der Waals surface area contributed by atoms with Crippen molar-refractivity contribution < 1.29 is 9.18 Å². The van der Waals surface area contributed by atoms with E-state index in [1.807, 2.05) is 13.8 Å². The third kappa shape index (κ3) is 4.80. The van der Waals surface area contributed by atoms with Crippen LogP contribution in [-0.4, -0.2) is 31.0 Å². The minimum atomic E-state index is -0.545. The zero-order valence-electron chi connectivity index (χ0n) is 10.4. The van der Waals surface area contributed by atoms with Crippen molar-refractivity contribution in [2.75, 3.05) is 25.0 Å². The van der Waals surface area contributed by atoms with Crippen molar-refractivity contribution in [2.45, 2.75) is 13.8 Å². The van der Waals surface area contributed by atoms with E-state index in [2.05, 4.69) is 10.3 Å². The fourth-order valence-electron chi connectivity index (χ4n) is 1.31. The van der Waals surface area contributed by atoms with Gasteiger partial charge in [-0.1, -0.05) is 13.8 Å². The number of nitrogens with zero attached hydrogens (tertiary/aromatic N) is 2. The highest BCUT2D eigenvalue weighted by molar-refractivity contribution is 5.81. The molecule has 94 valence electrons. The maximum absolute atomic E-state index is 12.9. The zero-order valence-corrected chi connectivity index (χ0v) is 10.4. The van der Waals surface area contributed by atoms with Gasteiger partial charge in [0.15, 0.2) is 0 Å². The Hall–Kier alpha value is -1.65. The summed E-state index contributed by atoms with van der Waals surface area (Å²) in [5.41, 5.74) is 0.636. The second kappa shape index (κ2) is 6.18. The van der Waals surface area contributed by atoms with Gasteiger partial charge in [-0.25, -0.2) is 4.98 Å². The lowest BCUT2D eigenvalue weighted by atomic mass is 10.2. The third-order valence-corrected chi connectivity index (χ3v) is 2.24. The molecule has 0 radical (unpaired) electrons. The van der Waals surface area contributed by atoms with Gasteiger partial charge in [-0.2, -0.15) is 4.39 Å². The second-order valence-corrected chi connectivity index (χ2v) is 4.39. The Morgan fingerprint density at radius 1 is 1.59 bits per heavy atom. The minimum absolute atomic E-state index is 0.0709. The molecule has 1 amide bonds. The molecule has 1 rings (SSSR count). The summed E-state index contributed by atoms with van der Waals surface area (Å²) < 4.78 is 12.9. The number of carbonyl (C=O) groups excluding carboxylic acids is 1. The van der Waals surface area contributed by atoms with Crippen LogP contribution in [0.15, 0.2) is 18.3 Å². The summed E-state index contributed by atoms with van der Waals surface area (Å²) in [6, 6.07) is 2.97. The van der Waals surface area contributed by atoms with Gasteiger partial charge in [-0.3, -0.25) is 4.79 Å². The number of aromatic nitrogens is 1. The SMILES string of the molecule is CC(C)CNC(=O)CN(C)c1ccnc(F)c1. The number of carbonyl (C=O) groups is 1. The number of likely N-dealkylation sites (N-methyl/N-ethyl adjacent to an activating group) is 1. The first kappa shape index (κ1) is 13.4. The molecule has 0 saturated carbocycles. The number of amides is 1. The van der Waals surface area contributed by atoms with Crippen molar-refractivity contribution in [1.82, 2.24) is 10.3 Å². The van der Waals surface area contributed by atoms with E-state index in [0.717, 1.165) is 0 Å². The summed E-state index contributed by atoms with van der Waals surface area (Å²) in [6.45, 7) is 4.91. The van der Waals surface area contributed by atoms with Gasteiger partial charge in [-0.05, 0) is 12.0 Å². The van der Waals surface area contributed by atoms with Crippen LogP contribution in [0.1, 0.15) is 13.8 Å². The van der Waals surface area contributed by atoms with Crippen molar-refractivity contribution in [3.05, 3.63) is 24.3 Å². The Morgan fingerprint density at radius 3 is 2.88 bits per heavy atom. The lowest BCUT2D eigenvalue weighted by Gasteiger charge is -2.18. The lowest BCUT2D eigenvalue weighted by molar-refractivity contribution is -0.119. The highest BCUT2D eigenvalue weighted by atomic mass is 19.1. The average molecular weight is 239 g/mol. The topological polar surface area (TPSA) is 45.2 Å². The molecular formula is C12H18FN3O. The molecule has 0 aromatic carbocycles. The smallest absolute Gasteiger partial charge is 0.239 e. The first-order valence-corrected chi connectivity index (χ1v) is 5.58.